The summed E-state index contributed by atoms with van der Waals surface area (Å²) in [5.41, 5.74) is 2.14. The van der Waals surface area contributed by atoms with Gasteiger partial charge in [0.2, 0.25) is 21.8 Å². The van der Waals surface area contributed by atoms with Gasteiger partial charge in [0.15, 0.2) is 0 Å². The first kappa shape index (κ1) is 27.2. The molecule has 1 amide bonds. The Morgan fingerprint density at radius 1 is 1.21 bits per heavy atom. The van der Waals surface area contributed by atoms with Crippen LogP contribution < -0.4 is 15.0 Å². The van der Waals surface area contributed by atoms with Crippen LogP contribution in [0.4, 0.5) is 5.95 Å². The Hall–Kier alpha value is -3.36. The first-order valence-electron chi connectivity index (χ1n) is 13.1. The summed E-state index contributed by atoms with van der Waals surface area (Å²) in [6.45, 7) is 4.12. The molecule has 13 nitrogen and oxygen atoms in total. The number of aromatic amines is 1. The number of H-pyrrole nitrogens is 1. The van der Waals surface area contributed by atoms with Gasteiger partial charge < -0.3 is 24.7 Å². The zero-order valence-electron chi connectivity index (χ0n) is 22.3. The van der Waals surface area contributed by atoms with Crippen LogP contribution in [0.5, 0.6) is 6.01 Å². The van der Waals surface area contributed by atoms with Gasteiger partial charge in [0.05, 0.1) is 12.9 Å². The smallest absolute Gasteiger partial charge is 0.322 e. The summed E-state index contributed by atoms with van der Waals surface area (Å²) in [6.07, 6.45) is 6.94. The average Bonchev–Trinajstić information content (AvgIpc) is 3.56. The minimum atomic E-state index is -3.32. The number of amides is 1. The number of rotatable bonds is 9. The molecule has 2 N–H and O–H groups in total. The van der Waals surface area contributed by atoms with Crippen molar-refractivity contribution in [2.24, 2.45) is 0 Å². The minimum Gasteiger partial charge on any atom is -0.458 e. The van der Waals surface area contributed by atoms with Gasteiger partial charge in [0.25, 0.3) is 5.91 Å². The Bertz CT molecular complexity index is 1420. The topological polar surface area (TPSA) is 156 Å². The lowest BCUT2D eigenvalue weighted by Gasteiger charge is -2.32. The largest absolute Gasteiger partial charge is 0.458 e. The molecule has 2 fully saturated rings. The van der Waals surface area contributed by atoms with Gasteiger partial charge in [-0.05, 0) is 49.8 Å². The lowest BCUT2D eigenvalue weighted by Crippen LogP contribution is -2.39. The summed E-state index contributed by atoms with van der Waals surface area (Å²) >= 11 is 0. The summed E-state index contributed by atoms with van der Waals surface area (Å²) in [5.74, 6) is 0.172. The molecule has 3 aromatic heterocycles. The maximum Gasteiger partial charge on any atom is 0.322 e. The number of hydrogen-bond donors (Lipinski definition) is 2. The Balaban J connectivity index is 1.32. The van der Waals surface area contributed by atoms with Crippen molar-refractivity contribution in [1.82, 2.24) is 34.5 Å². The van der Waals surface area contributed by atoms with Crippen molar-refractivity contribution in [2.75, 3.05) is 51.1 Å². The molecule has 2 aliphatic heterocycles. The van der Waals surface area contributed by atoms with E-state index in [2.05, 4.69) is 36.3 Å². The molecule has 39 heavy (non-hydrogen) atoms. The fraction of sp³-hybridized carbons (Fsp3) is 0.560. The van der Waals surface area contributed by atoms with Crippen molar-refractivity contribution < 1.29 is 22.7 Å². The van der Waals surface area contributed by atoms with Gasteiger partial charge in [-0.1, -0.05) is 0 Å². The number of hydrogen-bond acceptors (Lipinski definition) is 10. The predicted molar refractivity (Wildman–Crippen MR) is 144 cm³/mol. The molecule has 14 heteroatoms. The van der Waals surface area contributed by atoms with Crippen molar-refractivity contribution >= 4 is 32.9 Å². The van der Waals surface area contributed by atoms with E-state index in [1.807, 2.05) is 24.1 Å². The maximum atomic E-state index is 13.1. The first-order chi connectivity index (χ1) is 18.7. The quantitative estimate of drug-likeness (QED) is 0.393. The van der Waals surface area contributed by atoms with E-state index in [1.165, 1.54) is 16.1 Å². The molecule has 0 spiro atoms. The molecular formula is C25H34N8O5S. The molecular weight excluding hydrogens is 524 g/mol. The number of carbonyl (C=O) groups excluding carboxylic acids is 1. The summed E-state index contributed by atoms with van der Waals surface area (Å²) in [7, 11) is -1.74. The van der Waals surface area contributed by atoms with Crippen LogP contribution in [0.15, 0.2) is 24.5 Å². The normalized spacial score (nSPS) is 19.9. The molecule has 5 heterocycles. The number of pyridine rings is 1. The van der Waals surface area contributed by atoms with E-state index in [0.717, 1.165) is 23.9 Å². The fourth-order valence-electron chi connectivity index (χ4n) is 5.19. The van der Waals surface area contributed by atoms with Gasteiger partial charge in [0, 0.05) is 57.1 Å². The third kappa shape index (κ3) is 6.28. The van der Waals surface area contributed by atoms with Gasteiger partial charge in [-0.25, -0.2) is 17.7 Å². The number of sulfonamides is 1. The predicted octanol–water partition coefficient (Wildman–Crippen LogP) is 1.31. The first-order valence-corrected chi connectivity index (χ1v) is 14.9. The van der Waals surface area contributed by atoms with E-state index in [0.29, 0.717) is 44.5 Å². The molecule has 210 valence electrons. The lowest BCUT2D eigenvalue weighted by atomic mass is 9.89. The van der Waals surface area contributed by atoms with Crippen LogP contribution in [-0.4, -0.2) is 102 Å². The Labute approximate surface area is 227 Å². The van der Waals surface area contributed by atoms with E-state index in [4.69, 9.17) is 9.47 Å². The molecule has 0 saturated carbocycles. The molecule has 2 atom stereocenters. The highest BCUT2D eigenvalue weighted by Gasteiger charge is 2.31. The number of carbonyl (C=O) groups is 1. The highest BCUT2D eigenvalue weighted by molar-refractivity contribution is 7.88. The van der Waals surface area contributed by atoms with Gasteiger partial charge in [-0.3, -0.25) is 4.79 Å². The summed E-state index contributed by atoms with van der Waals surface area (Å²) < 4.78 is 36.1. The van der Waals surface area contributed by atoms with Crippen LogP contribution in [0, 0.1) is 0 Å². The van der Waals surface area contributed by atoms with E-state index >= 15 is 0 Å². The lowest BCUT2D eigenvalue weighted by molar-refractivity contribution is 0.0836. The summed E-state index contributed by atoms with van der Waals surface area (Å²) in [6, 6.07) is 3.75. The van der Waals surface area contributed by atoms with Gasteiger partial charge >= 0.3 is 6.01 Å². The molecule has 2 aliphatic rings. The highest BCUT2D eigenvalue weighted by atomic mass is 32.2. The van der Waals surface area contributed by atoms with Crippen molar-refractivity contribution in [3.05, 3.63) is 35.9 Å². The molecule has 0 aromatic carbocycles. The van der Waals surface area contributed by atoms with Crippen molar-refractivity contribution in [2.45, 2.75) is 44.2 Å². The van der Waals surface area contributed by atoms with E-state index in [-0.39, 0.29) is 30.5 Å². The third-order valence-electron chi connectivity index (χ3n) is 7.17. The third-order valence-corrected chi connectivity index (χ3v) is 8.44. The van der Waals surface area contributed by atoms with Gasteiger partial charge in [-0.15, -0.1) is 0 Å². The zero-order chi connectivity index (χ0) is 27.6. The Kier molecular flexibility index (Phi) is 7.96. The number of piperidine rings is 1. The van der Waals surface area contributed by atoms with Crippen LogP contribution >= 0.6 is 0 Å². The van der Waals surface area contributed by atoms with Crippen molar-refractivity contribution in [3.8, 4) is 6.01 Å². The Morgan fingerprint density at radius 3 is 2.72 bits per heavy atom. The standard InChI is InChI=1S/C25H34N8O5S/c1-16(15-37-2)38-25-30-22(23(34)28-18-8-12-33(14-18)39(3,35)36)29-24(31-25)32-10-6-17(7-11-32)20-13-27-21-19(20)5-4-9-26-21/h4-5,9,13,16-18H,6-8,10-12,14-15H2,1-3H3,(H,26,27)(H,28,34)/t16-,18-/m1/s1. The molecule has 2 saturated heterocycles. The number of ether oxygens (including phenoxy) is 2. The van der Waals surface area contributed by atoms with Crippen LogP contribution in [0.3, 0.4) is 0 Å². The number of anilines is 1. The molecule has 3 aromatic rings. The van der Waals surface area contributed by atoms with Gasteiger partial charge in [0.1, 0.15) is 11.8 Å². The van der Waals surface area contributed by atoms with E-state index in [1.54, 1.807) is 13.3 Å². The van der Waals surface area contributed by atoms with Crippen molar-refractivity contribution in [1.29, 1.82) is 0 Å². The monoisotopic (exact) mass is 558 g/mol. The average molecular weight is 559 g/mol. The van der Waals surface area contributed by atoms with Crippen LogP contribution in [0.1, 0.15) is 48.3 Å². The second-order valence-corrected chi connectivity index (χ2v) is 12.1. The second kappa shape index (κ2) is 11.4. The maximum absolute atomic E-state index is 13.1. The fourth-order valence-corrected chi connectivity index (χ4v) is 6.08. The number of aromatic nitrogens is 5. The molecule has 0 bridgehead atoms. The number of methoxy groups -OCH3 is 1. The minimum absolute atomic E-state index is 0.0451. The number of fused-ring (bicyclic) bond motifs is 1. The molecule has 0 aliphatic carbocycles. The molecule has 0 unspecified atom stereocenters. The molecule has 5 rings (SSSR count). The van der Waals surface area contributed by atoms with Crippen molar-refractivity contribution in [3.63, 3.8) is 0 Å². The van der Waals surface area contributed by atoms with E-state index < -0.39 is 15.9 Å². The summed E-state index contributed by atoms with van der Waals surface area (Å²) in [5, 5.41) is 4.01. The van der Waals surface area contributed by atoms with Crippen LogP contribution in [0.2, 0.25) is 0 Å². The van der Waals surface area contributed by atoms with Crippen LogP contribution in [0.25, 0.3) is 11.0 Å². The summed E-state index contributed by atoms with van der Waals surface area (Å²) in [4.78, 5) is 36.1. The van der Waals surface area contributed by atoms with E-state index in [9.17, 15) is 13.2 Å². The molecule has 0 radical (unpaired) electrons. The number of nitrogens with one attached hydrogen (secondary N) is 2. The second-order valence-electron chi connectivity index (χ2n) is 10.1. The van der Waals surface area contributed by atoms with Crippen LogP contribution in [-0.2, 0) is 14.8 Å². The number of nitrogens with zero attached hydrogens (tertiary/aromatic N) is 6. The van der Waals surface area contributed by atoms with Gasteiger partial charge in [-0.2, -0.15) is 15.0 Å². The Morgan fingerprint density at radius 2 is 2.00 bits per heavy atom. The highest BCUT2D eigenvalue weighted by Crippen LogP contribution is 2.33. The SMILES string of the molecule is COC[C@@H](C)Oc1nc(C(=O)N[C@@H]2CCN(S(C)(=O)=O)C2)nc(N2CCC(c3c[nH]c4ncccc34)CC2)n1. The zero-order valence-corrected chi connectivity index (χ0v) is 23.1.